The van der Waals surface area contributed by atoms with E-state index in [1.54, 1.807) is 0 Å². The molecule has 0 radical (unpaired) electrons. The van der Waals surface area contributed by atoms with Gasteiger partial charge in [0.05, 0.1) is 0 Å². The molecule has 0 heterocycles. The van der Waals surface area contributed by atoms with Gasteiger partial charge in [-0.2, -0.15) is 0 Å². The van der Waals surface area contributed by atoms with Crippen LogP contribution in [0, 0.1) is 0 Å². The molecule has 0 aliphatic rings. The van der Waals surface area contributed by atoms with Crippen LogP contribution in [0.25, 0.3) is 0 Å². The number of nitrogens with zero attached hydrogens (tertiary/aromatic N) is 2. The summed E-state index contributed by atoms with van der Waals surface area (Å²) in [7, 11) is 6.85. The molecule has 0 fully saturated rings. The number of hydrogen-bond acceptors (Lipinski definition) is 2. The predicted molar refractivity (Wildman–Crippen MR) is 116 cm³/mol. The van der Waals surface area contributed by atoms with Gasteiger partial charge in [0.1, 0.15) is 0 Å². The maximum absolute atomic E-state index is 5.88. The fraction of sp³-hybridized carbons (Fsp3) is 0.857. The van der Waals surface area contributed by atoms with E-state index in [1.165, 1.54) is 31.7 Å². The van der Waals surface area contributed by atoms with Crippen LogP contribution >= 0.6 is 38.9 Å². The maximum atomic E-state index is 5.88. The third kappa shape index (κ3) is 5.12. The zero-order chi connectivity index (χ0) is 16.8. The van der Waals surface area contributed by atoms with E-state index in [0.717, 1.165) is 0 Å². The van der Waals surface area contributed by atoms with E-state index in [-0.39, 0.29) is 18.2 Å². The normalized spacial score (nSPS) is 13.7. The van der Waals surface area contributed by atoms with Gasteiger partial charge in [-0.25, -0.2) is 0 Å². The van der Waals surface area contributed by atoms with E-state index < -0.39 is 14.5 Å². The van der Waals surface area contributed by atoms with Gasteiger partial charge in [0, 0.05) is 0 Å². The number of rotatable bonds is 6. The van der Waals surface area contributed by atoms with Gasteiger partial charge in [0.25, 0.3) is 0 Å². The monoisotopic (exact) mass is 486 g/mol. The van der Waals surface area contributed by atoms with Crippen molar-refractivity contribution in [2.45, 2.75) is 27.7 Å². The summed E-state index contributed by atoms with van der Waals surface area (Å²) in [5.41, 5.74) is 0. The van der Waals surface area contributed by atoms with Gasteiger partial charge in [-0.05, 0) is 0 Å². The second-order valence-corrected chi connectivity index (χ2v) is 27.8. The molecule has 128 valence electrons. The van der Waals surface area contributed by atoms with Crippen LogP contribution in [-0.2, 0) is 0 Å². The van der Waals surface area contributed by atoms with Crippen molar-refractivity contribution in [2.75, 3.05) is 51.2 Å². The second kappa shape index (κ2) is 9.54. The average molecular weight is 484 g/mol. The number of hydrogen-bond donors (Lipinski definition) is 0. The third-order valence-corrected chi connectivity index (χ3v) is 40.1. The second-order valence-electron chi connectivity index (χ2n) is 5.17. The van der Waals surface area contributed by atoms with Gasteiger partial charge < -0.3 is 0 Å². The van der Waals surface area contributed by atoms with Gasteiger partial charge in [-0.1, -0.05) is 0 Å². The molecule has 0 aromatic rings. The van der Waals surface area contributed by atoms with Crippen LogP contribution in [0.4, 0.5) is 0 Å². The molecule has 21 heavy (non-hydrogen) atoms. The first-order chi connectivity index (χ1) is 9.66. The fourth-order valence-electron chi connectivity index (χ4n) is 2.07. The Bertz CT molecular complexity index is 330. The van der Waals surface area contributed by atoms with Crippen molar-refractivity contribution in [1.82, 2.24) is 9.80 Å². The third-order valence-electron chi connectivity index (χ3n) is 3.49. The first-order valence-electron chi connectivity index (χ1n) is 7.37. The average Bonchev–Trinajstić information content (AvgIpc) is 2.48. The molecular weight excluding hydrogens is 452 g/mol. The Morgan fingerprint density at radius 1 is 0.714 bits per heavy atom. The van der Waals surface area contributed by atoms with Gasteiger partial charge in [-0.3, -0.25) is 0 Å². The van der Waals surface area contributed by atoms with Crippen molar-refractivity contribution >= 4 is 65.8 Å². The molecule has 0 aromatic heterocycles. The molecule has 7 heteroatoms. The van der Waals surface area contributed by atoms with Gasteiger partial charge in [0.2, 0.25) is 0 Å². The summed E-state index contributed by atoms with van der Waals surface area (Å²) in [6.45, 7) is 9.36. The number of thiocarbonyl (C=S) groups is 2. The molecule has 0 saturated carbocycles. The quantitative estimate of drug-likeness (QED) is 0.417. The van der Waals surface area contributed by atoms with Crippen molar-refractivity contribution in [3.8, 4) is 0 Å². The molecule has 0 aromatic carbocycles. The first kappa shape index (κ1) is 22.3. The summed E-state index contributed by atoms with van der Waals surface area (Å²) in [6.07, 6.45) is 0. The fourth-order valence-corrected chi connectivity index (χ4v) is 42.2. The summed E-state index contributed by atoms with van der Waals surface area (Å²) in [6, 6.07) is 0. The Kier molecular flexibility index (Phi) is 10.1. The van der Waals surface area contributed by atoms with E-state index in [0.29, 0.717) is 0 Å². The van der Waals surface area contributed by atoms with E-state index in [4.69, 9.17) is 24.4 Å². The zero-order valence-electron chi connectivity index (χ0n) is 14.8. The van der Waals surface area contributed by atoms with Crippen LogP contribution in [0.5, 0.6) is 0 Å². The van der Waals surface area contributed by atoms with Crippen LogP contribution in [0.15, 0.2) is 0 Å². The molecule has 0 amide bonds. The zero-order valence-corrected chi connectivity index (χ0v) is 20.4. The molecule has 0 atom stereocenters. The Morgan fingerprint density at radius 3 is 1.10 bits per heavy atom. The van der Waals surface area contributed by atoms with E-state index in [2.05, 4.69) is 65.7 Å². The van der Waals surface area contributed by atoms with Crippen LogP contribution in [0.2, 0.25) is 0 Å². The van der Waals surface area contributed by atoms with Crippen LogP contribution in [0.3, 0.4) is 0 Å². The summed E-state index contributed by atoms with van der Waals surface area (Å²) >= 11 is 11.5. The summed E-state index contributed by atoms with van der Waals surface area (Å²) < 4.78 is 2.46. The molecule has 0 aliphatic heterocycles. The van der Waals surface area contributed by atoms with Gasteiger partial charge in [-0.15, -0.1) is 0 Å². The van der Waals surface area contributed by atoms with E-state index >= 15 is 0 Å². The van der Waals surface area contributed by atoms with Crippen molar-refractivity contribution in [2.24, 2.45) is 0 Å². The van der Waals surface area contributed by atoms with E-state index in [9.17, 15) is 0 Å². The van der Waals surface area contributed by atoms with Crippen LogP contribution in [0.1, 0.15) is 27.7 Å². The Balaban J connectivity index is 5.74. The molecular formula is C14H32N2S4Te. The molecule has 0 N–H and O–H groups in total. The minimum atomic E-state index is -0.800. The van der Waals surface area contributed by atoms with Crippen LogP contribution < -0.4 is 0 Å². The molecule has 0 unspecified atom stereocenters. The molecule has 0 bridgehead atoms. The Labute approximate surface area is 153 Å². The van der Waals surface area contributed by atoms with Gasteiger partial charge in [0.15, 0.2) is 0 Å². The van der Waals surface area contributed by atoms with Crippen molar-refractivity contribution < 1.29 is 0 Å². The summed E-state index contributed by atoms with van der Waals surface area (Å²) in [5, 5.41) is 0. The summed E-state index contributed by atoms with van der Waals surface area (Å²) in [4.78, 5) is 4.38. The Hall–Kier alpha value is 1.27. The van der Waals surface area contributed by atoms with Gasteiger partial charge >= 0.3 is 154 Å². The Morgan fingerprint density at radius 2 is 0.952 bits per heavy atom. The predicted octanol–water partition coefficient (Wildman–Crippen LogP) is 3.90. The first-order valence-corrected chi connectivity index (χ1v) is 17.7. The molecule has 2 nitrogen and oxygen atoms in total. The standard InChI is InChI=1S/C14H32N2S4Te/c1-9-19(10-2,13(17)15(5)6)21-20(11-3,12-4)14(18)16(7)8/h9-12H2,1-8H3. The minimum absolute atomic E-state index is 0.254. The van der Waals surface area contributed by atoms with Crippen molar-refractivity contribution in [3.05, 3.63) is 0 Å². The molecule has 0 aliphatic carbocycles. The molecule has 0 rings (SSSR count). The van der Waals surface area contributed by atoms with Crippen molar-refractivity contribution in [3.63, 3.8) is 0 Å². The van der Waals surface area contributed by atoms with Crippen molar-refractivity contribution in [1.29, 1.82) is 0 Å². The topological polar surface area (TPSA) is 6.48 Å². The summed E-state index contributed by atoms with van der Waals surface area (Å²) in [5.74, 6) is 4.92. The van der Waals surface area contributed by atoms with E-state index in [1.807, 2.05) is 0 Å². The SMILES string of the molecule is CCS(CC)([Te]S(CC)(CC)C(=S)N(C)C)C(=S)N(C)C. The molecule has 0 spiro atoms. The van der Waals surface area contributed by atoms with Crippen LogP contribution in [-0.4, -0.2) is 87.8 Å². The molecule has 0 saturated heterocycles.